The Bertz CT molecular complexity index is 635. The number of hydrogen-bond donors (Lipinski definition) is 0. The highest BCUT2D eigenvalue weighted by Crippen LogP contribution is 2.16. The molecule has 23 heavy (non-hydrogen) atoms. The van der Waals surface area contributed by atoms with E-state index in [1.807, 2.05) is 41.3 Å². The standard InChI is InChI=1S/C18H21N3O2/c1-23-14-15-2-4-16(5-3-15)18(22)21-12-10-20(11-13-21)17-6-8-19-9-7-17/h2-9H,10-14H2,1H3. The first kappa shape index (κ1) is 15.5. The Labute approximate surface area is 136 Å². The number of pyridine rings is 1. The maximum Gasteiger partial charge on any atom is 0.253 e. The molecule has 120 valence electrons. The SMILES string of the molecule is COCc1ccc(C(=O)N2CCN(c3ccncc3)CC2)cc1. The number of methoxy groups -OCH3 is 1. The molecule has 1 saturated heterocycles. The third kappa shape index (κ3) is 3.68. The average molecular weight is 311 g/mol. The number of benzene rings is 1. The molecule has 5 heteroatoms. The van der Waals surface area contributed by atoms with Crippen LogP contribution in [0.15, 0.2) is 48.8 Å². The highest BCUT2D eigenvalue weighted by Gasteiger charge is 2.22. The van der Waals surface area contributed by atoms with Crippen molar-refractivity contribution in [3.05, 3.63) is 59.9 Å². The van der Waals surface area contributed by atoms with Crippen LogP contribution in [0.2, 0.25) is 0 Å². The predicted octanol–water partition coefficient (Wildman–Crippen LogP) is 2.19. The van der Waals surface area contributed by atoms with E-state index in [2.05, 4.69) is 9.88 Å². The third-order valence-corrected chi connectivity index (χ3v) is 4.11. The lowest BCUT2D eigenvalue weighted by molar-refractivity contribution is 0.0746. The molecule has 0 saturated carbocycles. The first-order valence-corrected chi connectivity index (χ1v) is 7.80. The summed E-state index contributed by atoms with van der Waals surface area (Å²) in [4.78, 5) is 20.8. The zero-order chi connectivity index (χ0) is 16.1. The van der Waals surface area contributed by atoms with Gasteiger partial charge >= 0.3 is 0 Å². The van der Waals surface area contributed by atoms with E-state index in [4.69, 9.17) is 4.74 Å². The minimum absolute atomic E-state index is 0.100. The summed E-state index contributed by atoms with van der Waals surface area (Å²) >= 11 is 0. The third-order valence-electron chi connectivity index (χ3n) is 4.11. The maximum absolute atomic E-state index is 12.6. The fourth-order valence-corrected chi connectivity index (χ4v) is 2.82. The van der Waals surface area contributed by atoms with Crippen LogP contribution in [0.4, 0.5) is 5.69 Å². The number of ether oxygens (including phenoxy) is 1. The van der Waals surface area contributed by atoms with Crippen molar-refractivity contribution in [3.63, 3.8) is 0 Å². The molecule has 0 bridgehead atoms. The first-order valence-electron chi connectivity index (χ1n) is 7.80. The highest BCUT2D eigenvalue weighted by molar-refractivity contribution is 5.94. The molecule has 5 nitrogen and oxygen atoms in total. The fourth-order valence-electron chi connectivity index (χ4n) is 2.82. The van der Waals surface area contributed by atoms with E-state index in [1.54, 1.807) is 19.5 Å². The van der Waals surface area contributed by atoms with Crippen LogP contribution in [-0.4, -0.2) is 49.1 Å². The fraction of sp³-hybridized carbons (Fsp3) is 0.333. The molecule has 2 heterocycles. The van der Waals surface area contributed by atoms with Crippen LogP contribution in [0.5, 0.6) is 0 Å². The second kappa shape index (κ2) is 7.24. The number of rotatable bonds is 4. The van der Waals surface area contributed by atoms with Crippen LogP contribution >= 0.6 is 0 Å². The van der Waals surface area contributed by atoms with Gasteiger partial charge in [-0.25, -0.2) is 0 Å². The summed E-state index contributed by atoms with van der Waals surface area (Å²) in [6, 6.07) is 11.7. The smallest absolute Gasteiger partial charge is 0.253 e. The number of nitrogens with zero attached hydrogens (tertiary/aromatic N) is 3. The van der Waals surface area contributed by atoms with Gasteiger partial charge in [-0.3, -0.25) is 9.78 Å². The molecule has 1 fully saturated rings. The first-order chi connectivity index (χ1) is 11.3. The number of piperazine rings is 1. The summed E-state index contributed by atoms with van der Waals surface area (Å²) in [5, 5.41) is 0. The van der Waals surface area contributed by atoms with Crippen LogP contribution in [-0.2, 0) is 11.3 Å². The Morgan fingerprint density at radius 1 is 1.04 bits per heavy atom. The van der Waals surface area contributed by atoms with Gasteiger partial charge in [-0.05, 0) is 29.8 Å². The van der Waals surface area contributed by atoms with E-state index in [9.17, 15) is 4.79 Å². The van der Waals surface area contributed by atoms with Crippen molar-refractivity contribution >= 4 is 11.6 Å². The number of anilines is 1. The topological polar surface area (TPSA) is 45.7 Å². The van der Waals surface area contributed by atoms with Gasteiger partial charge in [-0.2, -0.15) is 0 Å². The normalized spacial score (nSPS) is 14.8. The van der Waals surface area contributed by atoms with Crippen molar-refractivity contribution in [2.75, 3.05) is 38.2 Å². The maximum atomic E-state index is 12.6. The molecule has 2 aromatic rings. The molecule has 1 amide bonds. The van der Waals surface area contributed by atoms with Crippen molar-refractivity contribution in [1.82, 2.24) is 9.88 Å². The lowest BCUT2D eigenvalue weighted by Gasteiger charge is -2.36. The minimum atomic E-state index is 0.100. The molecule has 3 rings (SSSR count). The molecular weight excluding hydrogens is 290 g/mol. The molecule has 0 aliphatic carbocycles. The van der Waals surface area contributed by atoms with Gasteiger partial charge < -0.3 is 14.5 Å². The molecule has 0 unspecified atom stereocenters. The molecule has 0 radical (unpaired) electrons. The van der Waals surface area contributed by atoms with E-state index < -0.39 is 0 Å². The van der Waals surface area contributed by atoms with Gasteiger partial charge in [0, 0.05) is 56.9 Å². The Kier molecular flexibility index (Phi) is 4.88. The van der Waals surface area contributed by atoms with Crippen molar-refractivity contribution in [1.29, 1.82) is 0 Å². The summed E-state index contributed by atoms with van der Waals surface area (Å²) in [7, 11) is 1.67. The summed E-state index contributed by atoms with van der Waals surface area (Å²) in [5.74, 6) is 0.100. The second-order valence-corrected chi connectivity index (χ2v) is 5.61. The van der Waals surface area contributed by atoms with E-state index in [1.165, 1.54) is 0 Å². The van der Waals surface area contributed by atoms with Gasteiger partial charge in [-0.1, -0.05) is 12.1 Å². The van der Waals surface area contributed by atoms with Gasteiger partial charge in [0.2, 0.25) is 0 Å². The highest BCUT2D eigenvalue weighted by atomic mass is 16.5. The molecular formula is C18H21N3O2. The van der Waals surface area contributed by atoms with Gasteiger partial charge in [-0.15, -0.1) is 0 Å². The van der Waals surface area contributed by atoms with Crippen molar-refractivity contribution < 1.29 is 9.53 Å². The lowest BCUT2D eigenvalue weighted by atomic mass is 10.1. The number of amides is 1. The van der Waals surface area contributed by atoms with Gasteiger partial charge in [0.05, 0.1) is 6.61 Å². The average Bonchev–Trinajstić information content (AvgIpc) is 2.63. The Morgan fingerprint density at radius 3 is 2.30 bits per heavy atom. The molecule has 1 aliphatic rings. The van der Waals surface area contributed by atoms with Gasteiger partial charge in [0.25, 0.3) is 5.91 Å². The summed E-state index contributed by atoms with van der Waals surface area (Å²) < 4.78 is 5.09. The summed E-state index contributed by atoms with van der Waals surface area (Å²) in [6.45, 7) is 3.73. The molecule has 1 aromatic carbocycles. The predicted molar refractivity (Wildman–Crippen MR) is 89.5 cm³/mol. The lowest BCUT2D eigenvalue weighted by Crippen LogP contribution is -2.48. The van der Waals surface area contributed by atoms with Crippen LogP contribution in [0.1, 0.15) is 15.9 Å². The molecule has 0 spiro atoms. The van der Waals surface area contributed by atoms with E-state index in [0.29, 0.717) is 6.61 Å². The van der Waals surface area contributed by atoms with Crippen molar-refractivity contribution in [3.8, 4) is 0 Å². The largest absolute Gasteiger partial charge is 0.380 e. The van der Waals surface area contributed by atoms with E-state index in [-0.39, 0.29) is 5.91 Å². The quantitative estimate of drug-likeness (QED) is 0.868. The van der Waals surface area contributed by atoms with Crippen LogP contribution in [0, 0.1) is 0 Å². The number of carbonyl (C=O) groups is 1. The van der Waals surface area contributed by atoms with Crippen LogP contribution in [0.25, 0.3) is 0 Å². The van der Waals surface area contributed by atoms with Crippen LogP contribution in [0.3, 0.4) is 0 Å². The zero-order valence-electron chi connectivity index (χ0n) is 13.3. The molecule has 1 aliphatic heterocycles. The minimum Gasteiger partial charge on any atom is -0.380 e. The van der Waals surface area contributed by atoms with Crippen molar-refractivity contribution in [2.45, 2.75) is 6.61 Å². The summed E-state index contributed by atoms with van der Waals surface area (Å²) in [5.41, 5.74) is 2.98. The Morgan fingerprint density at radius 2 is 1.70 bits per heavy atom. The van der Waals surface area contributed by atoms with Gasteiger partial charge in [0.1, 0.15) is 0 Å². The molecule has 0 atom stereocenters. The van der Waals surface area contributed by atoms with Crippen LogP contribution < -0.4 is 4.90 Å². The molecule has 1 aromatic heterocycles. The van der Waals surface area contributed by atoms with E-state index in [0.717, 1.165) is 43.0 Å². The van der Waals surface area contributed by atoms with Gasteiger partial charge in [0.15, 0.2) is 0 Å². The zero-order valence-corrected chi connectivity index (χ0v) is 13.3. The van der Waals surface area contributed by atoms with E-state index >= 15 is 0 Å². The summed E-state index contributed by atoms with van der Waals surface area (Å²) in [6.07, 6.45) is 3.60. The monoisotopic (exact) mass is 311 g/mol. The Balaban J connectivity index is 1.59. The number of aromatic nitrogens is 1. The number of carbonyl (C=O) groups excluding carboxylic acids is 1. The number of hydrogen-bond acceptors (Lipinski definition) is 4. The molecule has 0 N–H and O–H groups in total. The van der Waals surface area contributed by atoms with Crippen molar-refractivity contribution in [2.24, 2.45) is 0 Å². The Hall–Kier alpha value is -2.40. The second-order valence-electron chi connectivity index (χ2n) is 5.61.